The molecule has 1 saturated carbocycles. The third-order valence-corrected chi connectivity index (χ3v) is 3.14. The molecule has 0 saturated heterocycles. The summed E-state index contributed by atoms with van der Waals surface area (Å²) in [5, 5.41) is 0. The van der Waals surface area contributed by atoms with Gasteiger partial charge in [-0.3, -0.25) is 0 Å². The summed E-state index contributed by atoms with van der Waals surface area (Å²) in [6.45, 7) is 0. The molecule has 2 atom stereocenters. The Hall–Kier alpha value is -0.260. The molecule has 2 rings (SSSR count). The van der Waals surface area contributed by atoms with Gasteiger partial charge < -0.3 is 0 Å². The quantitative estimate of drug-likeness (QED) is 0.463. The Kier molecular flexibility index (Phi) is 2.30. The van der Waals surface area contributed by atoms with E-state index in [4.69, 9.17) is 0 Å². The van der Waals surface area contributed by atoms with Gasteiger partial charge in [0, 0.05) is 0 Å². The molecule has 0 aromatic heterocycles. The van der Waals surface area contributed by atoms with Crippen molar-refractivity contribution in [2.75, 3.05) is 0 Å². The van der Waals surface area contributed by atoms with Gasteiger partial charge in [-0.1, -0.05) is 25.0 Å². The molecular formula is C11H18. The van der Waals surface area contributed by atoms with Gasteiger partial charge in [0.25, 0.3) is 0 Å². The standard InChI is InChI=1S/C11H18/c1-2-4-6-8-11-9-10(11)7-5-3-1/h1,3,10-11H,2,4-9H2/b3-1+/t10-,11-/m1/s1. The molecule has 0 amide bonds. The predicted octanol–water partition coefficient (Wildman–Crippen LogP) is 3.53. The molecule has 0 aliphatic heterocycles. The zero-order chi connectivity index (χ0) is 7.52. The first-order valence-corrected chi connectivity index (χ1v) is 5.12. The van der Waals surface area contributed by atoms with Crippen LogP contribution >= 0.6 is 0 Å². The summed E-state index contributed by atoms with van der Waals surface area (Å²) in [6, 6.07) is 0. The molecule has 0 aromatic rings. The second-order valence-corrected chi connectivity index (χ2v) is 4.09. The van der Waals surface area contributed by atoms with Gasteiger partial charge in [0.1, 0.15) is 0 Å². The maximum atomic E-state index is 2.39. The van der Waals surface area contributed by atoms with E-state index >= 15 is 0 Å². The average Bonchev–Trinajstić information content (AvgIpc) is 2.76. The number of fused-ring (bicyclic) bond motifs is 1. The van der Waals surface area contributed by atoms with Gasteiger partial charge in [0.05, 0.1) is 0 Å². The summed E-state index contributed by atoms with van der Waals surface area (Å²) < 4.78 is 0. The minimum atomic E-state index is 1.12. The smallest absolute Gasteiger partial charge is 0.0348 e. The van der Waals surface area contributed by atoms with Crippen molar-refractivity contribution in [2.45, 2.75) is 44.9 Å². The van der Waals surface area contributed by atoms with Crippen LogP contribution < -0.4 is 0 Å². The maximum Gasteiger partial charge on any atom is -0.0348 e. The van der Waals surface area contributed by atoms with Crippen molar-refractivity contribution >= 4 is 0 Å². The van der Waals surface area contributed by atoms with Crippen LogP contribution in [0.1, 0.15) is 44.9 Å². The van der Waals surface area contributed by atoms with Crippen LogP contribution in [0.5, 0.6) is 0 Å². The Morgan fingerprint density at radius 3 is 2.64 bits per heavy atom. The van der Waals surface area contributed by atoms with Crippen molar-refractivity contribution in [2.24, 2.45) is 11.8 Å². The van der Waals surface area contributed by atoms with Gasteiger partial charge >= 0.3 is 0 Å². The van der Waals surface area contributed by atoms with E-state index in [0.717, 1.165) is 11.8 Å². The molecule has 2 aliphatic rings. The maximum absolute atomic E-state index is 2.39. The van der Waals surface area contributed by atoms with E-state index in [0.29, 0.717) is 0 Å². The minimum absolute atomic E-state index is 1.12. The van der Waals surface area contributed by atoms with Crippen LogP contribution in [0, 0.1) is 11.8 Å². The van der Waals surface area contributed by atoms with E-state index in [9.17, 15) is 0 Å². The first kappa shape index (κ1) is 7.39. The fourth-order valence-corrected chi connectivity index (χ4v) is 2.23. The Morgan fingerprint density at radius 2 is 1.64 bits per heavy atom. The van der Waals surface area contributed by atoms with Crippen molar-refractivity contribution < 1.29 is 0 Å². The van der Waals surface area contributed by atoms with E-state index in [-0.39, 0.29) is 0 Å². The Morgan fingerprint density at radius 1 is 0.818 bits per heavy atom. The second kappa shape index (κ2) is 3.42. The first-order valence-electron chi connectivity index (χ1n) is 5.12. The van der Waals surface area contributed by atoms with Crippen molar-refractivity contribution in [1.82, 2.24) is 0 Å². The van der Waals surface area contributed by atoms with Gasteiger partial charge in [0.15, 0.2) is 0 Å². The van der Waals surface area contributed by atoms with E-state index in [1.54, 1.807) is 6.42 Å². The molecule has 62 valence electrons. The Balaban J connectivity index is 1.81. The van der Waals surface area contributed by atoms with Crippen LogP contribution in [0.2, 0.25) is 0 Å². The Labute approximate surface area is 69.7 Å². The average molecular weight is 150 g/mol. The lowest BCUT2D eigenvalue weighted by Gasteiger charge is -2.01. The monoisotopic (exact) mass is 150 g/mol. The normalized spacial score (nSPS) is 40.7. The number of allylic oxidation sites excluding steroid dienone is 2. The molecule has 11 heavy (non-hydrogen) atoms. The third kappa shape index (κ3) is 2.08. The SMILES string of the molecule is C1=C/CC[C@@H]2C[C@H]2CCCC/1. The van der Waals surface area contributed by atoms with Gasteiger partial charge in [-0.05, 0) is 43.9 Å². The minimum Gasteiger partial charge on any atom is -0.0885 e. The summed E-state index contributed by atoms with van der Waals surface area (Å²) in [5.74, 6) is 2.26. The highest BCUT2D eigenvalue weighted by Gasteiger charge is 2.34. The third-order valence-electron chi connectivity index (χ3n) is 3.14. The van der Waals surface area contributed by atoms with Crippen LogP contribution in [-0.4, -0.2) is 0 Å². The first-order chi connectivity index (χ1) is 5.47. The van der Waals surface area contributed by atoms with Crippen LogP contribution in [0.3, 0.4) is 0 Å². The second-order valence-electron chi connectivity index (χ2n) is 4.09. The van der Waals surface area contributed by atoms with Gasteiger partial charge in [-0.25, -0.2) is 0 Å². The fourth-order valence-electron chi connectivity index (χ4n) is 2.23. The number of hydrogen-bond acceptors (Lipinski definition) is 0. The van der Waals surface area contributed by atoms with Crippen LogP contribution in [0.4, 0.5) is 0 Å². The Bertz CT molecular complexity index is 146. The van der Waals surface area contributed by atoms with E-state index < -0.39 is 0 Å². The molecule has 0 heteroatoms. The molecule has 0 bridgehead atoms. The predicted molar refractivity (Wildman–Crippen MR) is 48.4 cm³/mol. The van der Waals surface area contributed by atoms with Crippen molar-refractivity contribution in [3.63, 3.8) is 0 Å². The lowest BCUT2D eigenvalue weighted by atomic mass is 10.1. The summed E-state index contributed by atoms with van der Waals surface area (Å²) in [6.07, 6.45) is 14.9. The van der Waals surface area contributed by atoms with Crippen molar-refractivity contribution in [1.29, 1.82) is 0 Å². The van der Waals surface area contributed by atoms with Crippen LogP contribution in [0.15, 0.2) is 12.2 Å². The van der Waals surface area contributed by atoms with Crippen molar-refractivity contribution in [3.8, 4) is 0 Å². The molecule has 1 fully saturated rings. The number of hydrogen-bond donors (Lipinski definition) is 0. The van der Waals surface area contributed by atoms with Gasteiger partial charge in [0.2, 0.25) is 0 Å². The summed E-state index contributed by atoms with van der Waals surface area (Å²) in [5.41, 5.74) is 0. The van der Waals surface area contributed by atoms with E-state index in [1.165, 1.54) is 38.5 Å². The van der Waals surface area contributed by atoms with Gasteiger partial charge in [-0.2, -0.15) is 0 Å². The molecule has 2 aliphatic carbocycles. The van der Waals surface area contributed by atoms with Crippen molar-refractivity contribution in [3.05, 3.63) is 12.2 Å². The highest BCUT2D eigenvalue weighted by Crippen LogP contribution is 2.45. The van der Waals surface area contributed by atoms with Gasteiger partial charge in [-0.15, -0.1) is 0 Å². The highest BCUT2D eigenvalue weighted by molar-refractivity contribution is 4.91. The zero-order valence-corrected chi connectivity index (χ0v) is 7.26. The van der Waals surface area contributed by atoms with Crippen LogP contribution in [0.25, 0.3) is 0 Å². The topological polar surface area (TPSA) is 0 Å². The number of rotatable bonds is 0. The molecule has 0 radical (unpaired) electrons. The van der Waals surface area contributed by atoms with E-state index in [1.807, 2.05) is 0 Å². The van der Waals surface area contributed by atoms with E-state index in [2.05, 4.69) is 12.2 Å². The molecule has 0 unspecified atom stereocenters. The highest BCUT2D eigenvalue weighted by atomic mass is 14.4. The summed E-state index contributed by atoms with van der Waals surface area (Å²) >= 11 is 0. The molecule has 0 nitrogen and oxygen atoms in total. The summed E-state index contributed by atoms with van der Waals surface area (Å²) in [4.78, 5) is 0. The fraction of sp³-hybridized carbons (Fsp3) is 0.818. The largest absolute Gasteiger partial charge is 0.0885 e. The molecule has 0 aromatic carbocycles. The molecular weight excluding hydrogens is 132 g/mol. The van der Waals surface area contributed by atoms with Crippen LogP contribution in [-0.2, 0) is 0 Å². The molecule has 0 heterocycles. The molecule has 0 spiro atoms. The lowest BCUT2D eigenvalue weighted by molar-refractivity contribution is 0.566. The molecule has 0 N–H and O–H groups in total. The lowest BCUT2D eigenvalue weighted by Crippen LogP contribution is -1.86. The summed E-state index contributed by atoms with van der Waals surface area (Å²) in [7, 11) is 0. The zero-order valence-electron chi connectivity index (χ0n) is 7.26.